The molecule has 1 aliphatic carbocycles. The number of aliphatic carboxylic acids is 1. The van der Waals surface area contributed by atoms with Gasteiger partial charge in [-0.25, -0.2) is 8.78 Å². The molecule has 0 radical (unpaired) electrons. The van der Waals surface area contributed by atoms with E-state index in [1.807, 2.05) is 0 Å². The molecule has 0 unspecified atom stereocenters. The van der Waals surface area contributed by atoms with E-state index < -0.39 is 17.3 Å². The second-order valence-corrected chi connectivity index (χ2v) is 4.01. The monoisotopic (exact) mass is 228 g/mol. The largest absolute Gasteiger partial charge is 0.508 e. The van der Waals surface area contributed by atoms with E-state index >= 15 is 0 Å². The molecule has 86 valence electrons. The zero-order valence-corrected chi connectivity index (χ0v) is 8.28. The van der Waals surface area contributed by atoms with Crippen LogP contribution in [0.4, 0.5) is 8.78 Å². The van der Waals surface area contributed by atoms with E-state index in [-0.39, 0.29) is 24.2 Å². The number of carboxylic acids is 1. The molecular weight excluding hydrogens is 218 g/mol. The lowest BCUT2D eigenvalue weighted by Gasteiger charge is -2.23. The van der Waals surface area contributed by atoms with Crippen LogP contribution in [0.3, 0.4) is 0 Å². The van der Waals surface area contributed by atoms with Crippen molar-refractivity contribution in [3.05, 3.63) is 29.8 Å². The lowest BCUT2D eigenvalue weighted by Crippen LogP contribution is -2.34. The molecule has 0 heterocycles. The number of phenols is 1. The van der Waals surface area contributed by atoms with Crippen LogP contribution in [0.2, 0.25) is 0 Å². The summed E-state index contributed by atoms with van der Waals surface area (Å²) in [5.41, 5.74) is -2.32. The molecule has 5 heteroatoms. The molecule has 0 bridgehead atoms. The number of carboxylic acid groups (broad SMARTS) is 1. The molecule has 0 aliphatic heterocycles. The van der Waals surface area contributed by atoms with Crippen LogP contribution in [0.5, 0.6) is 5.75 Å². The van der Waals surface area contributed by atoms with Crippen molar-refractivity contribution in [2.45, 2.75) is 18.8 Å². The Kier molecular flexibility index (Phi) is 2.15. The molecule has 0 amide bonds. The zero-order chi connectivity index (χ0) is 12.0. The van der Waals surface area contributed by atoms with Crippen molar-refractivity contribution in [3.8, 4) is 5.75 Å². The fourth-order valence-electron chi connectivity index (χ4n) is 1.73. The number of rotatable bonds is 3. The van der Waals surface area contributed by atoms with Crippen LogP contribution in [0, 0.1) is 5.41 Å². The standard InChI is InChI=1S/C11H10F2O3/c12-11(13,10(5-6-10)9(15)16)7-1-3-8(14)4-2-7/h1-4,14H,5-6H2,(H,15,16). The number of alkyl halides is 2. The Hall–Kier alpha value is -1.65. The van der Waals surface area contributed by atoms with E-state index in [0.717, 1.165) is 24.3 Å². The summed E-state index contributed by atoms with van der Waals surface area (Å²) in [6, 6.07) is 4.36. The maximum atomic E-state index is 13.9. The SMILES string of the molecule is O=C(O)C1(C(F)(F)c2ccc(O)cc2)CC1. The zero-order valence-electron chi connectivity index (χ0n) is 8.28. The van der Waals surface area contributed by atoms with Gasteiger partial charge in [0.15, 0.2) is 0 Å². The average Bonchev–Trinajstić information content (AvgIpc) is 2.98. The summed E-state index contributed by atoms with van der Waals surface area (Å²) in [7, 11) is 0. The Morgan fingerprint density at radius 1 is 1.25 bits per heavy atom. The van der Waals surface area contributed by atoms with Crippen LogP contribution in [0.1, 0.15) is 18.4 Å². The normalized spacial score (nSPS) is 18.1. The fourth-order valence-corrected chi connectivity index (χ4v) is 1.73. The molecule has 1 saturated carbocycles. The van der Waals surface area contributed by atoms with Gasteiger partial charge in [-0.15, -0.1) is 0 Å². The van der Waals surface area contributed by atoms with Crippen molar-refractivity contribution < 1.29 is 23.8 Å². The van der Waals surface area contributed by atoms with E-state index in [9.17, 15) is 13.6 Å². The number of aromatic hydroxyl groups is 1. The summed E-state index contributed by atoms with van der Waals surface area (Å²) in [6.45, 7) is 0. The van der Waals surface area contributed by atoms with Crippen LogP contribution >= 0.6 is 0 Å². The summed E-state index contributed by atoms with van der Waals surface area (Å²) < 4.78 is 27.8. The van der Waals surface area contributed by atoms with Gasteiger partial charge in [-0.05, 0) is 37.1 Å². The van der Waals surface area contributed by atoms with Crippen molar-refractivity contribution >= 4 is 5.97 Å². The van der Waals surface area contributed by atoms with Gasteiger partial charge < -0.3 is 10.2 Å². The second-order valence-electron chi connectivity index (χ2n) is 4.01. The predicted octanol–water partition coefficient (Wildman–Crippen LogP) is 2.35. The summed E-state index contributed by atoms with van der Waals surface area (Å²) in [6.07, 6.45) is -0.0353. The van der Waals surface area contributed by atoms with Crippen LogP contribution in [0.25, 0.3) is 0 Å². The maximum absolute atomic E-state index is 13.9. The van der Waals surface area contributed by atoms with E-state index in [2.05, 4.69) is 0 Å². The Bertz CT molecular complexity index is 421. The molecule has 0 saturated heterocycles. The van der Waals surface area contributed by atoms with Crippen molar-refractivity contribution in [1.82, 2.24) is 0 Å². The van der Waals surface area contributed by atoms with Gasteiger partial charge in [0, 0.05) is 5.56 Å². The molecule has 1 aliphatic rings. The highest BCUT2D eigenvalue weighted by Gasteiger charge is 2.68. The van der Waals surface area contributed by atoms with E-state index in [1.54, 1.807) is 0 Å². The Morgan fingerprint density at radius 3 is 2.12 bits per heavy atom. The Labute approximate surface area is 90.3 Å². The lowest BCUT2D eigenvalue weighted by molar-refractivity contribution is -0.163. The third-order valence-electron chi connectivity index (χ3n) is 2.99. The number of phenolic OH excluding ortho intramolecular Hbond substituents is 1. The van der Waals surface area contributed by atoms with Gasteiger partial charge in [-0.3, -0.25) is 4.79 Å². The maximum Gasteiger partial charge on any atom is 0.316 e. The first-order valence-corrected chi connectivity index (χ1v) is 4.81. The minimum absolute atomic E-state index is 0.0176. The molecule has 1 aromatic rings. The van der Waals surface area contributed by atoms with Crippen molar-refractivity contribution in [2.24, 2.45) is 5.41 Å². The predicted molar refractivity (Wildman–Crippen MR) is 51.3 cm³/mol. The average molecular weight is 228 g/mol. The number of hydrogen-bond acceptors (Lipinski definition) is 2. The first-order chi connectivity index (χ1) is 7.40. The molecular formula is C11H10F2O3. The third-order valence-corrected chi connectivity index (χ3v) is 2.99. The molecule has 2 N–H and O–H groups in total. The lowest BCUT2D eigenvalue weighted by atomic mass is 9.91. The Morgan fingerprint density at radius 2 is 1.75 bits per heavy atom. The summed E-state index contributed by atoms with van der Waals surface area (Å²) in [5.74, 6) is -4.99. The minimum Gasteiger partial charge on any atom is -0.508 e. The molecule has 3 nitrogen and oxygen atoms in total. The van der Waals surface area contributed by atoms with Crippen LogP contribution < -0.4 is 0 Å². The highest BCUT2D eigenvalue weighted by molar-refractivity contribution is 5.79. The van der Waals surface area contributed by atoms with E-state index in [1.165, 1.54) is 0 Å². The van der Waals surface area contributed by atoms with Gasteiger partial charge >= 0.3 is 5.97 Å². The summed E-state index contributed by atoms with van der Waals surface area (Å²) >= 11 is 0. The number of halogens is 2. The third kappa shape index (κ3) is 1.35. The minimum atomic E-state index is -3.40. The molecule has 16 heavy (non-hydrogen) atoms. The molecule has 1 fully saturated rings. The molecule has 0 atom stereocenters. The molecule has 2 rings (SSSR count). The summed E-state index contributed by atoms with van der Waals surface area (Å²) in [5, 5.41) is 17.8. The first kappa shape index (κ1) is 10.9. The Balaban J connectivity index is 2.39. The van der Waals surface area contributed by atoms with Crippen LogP contribution in [0.15, 0.2) is 24.3 Å². The van der Waals surface area contributed by atoms with Gasteiger partial charge in [-0.1, -0.05) is 0 Å². The highest BCUT2D eigenvalue weighted by atomic mass is 19.3. The molecule has 1 aromatic carbocycles. The van der Waals surface area contributed by atoms with Gasteiger partial charge in [0.1, 0.15) is 11.2 Å². The number of carbonyl (C=O) groups is 1. The number of benzene rings is 1. The highest BCUT2D eigenvalue weighted by Crippen LogP contribution is 2.61. The van der Waals surface area contributed by atoms with Crippen molar-refractivity contribution in [3.63, 3.8) is 0 Å². The van der Waals surface area contributed by atoms with E-state index in [0.29, 0.717) is 0 Å². The van der Waals surface area contributed by atoms with Crippen LogP contribution in [-0.4, -0.2) is 16.2 Å². The van der Waals surface area contributed by atoms with Crippen LogP contribution in [-0.2, 0) is 10.7 Å². The molecule has 0 spiro atoms. The first-order valence-electron chi connectivity index (χ1n) is 4.81. The van der Waals surface area contributed by atoms with Crippen molar-refractivity contribution in [2.75, 3.05) is 0 Å². The van der Waals surface area contributed by atoms with Crippen molar-refractivity contribution in [1.29, 1.82) is 0 Å². The van der Waals surface area contributed by atoms with E-state index in [4.69, 9.17) is 10.2 Å². The smallest absolute Gasteiger partial charge is 0.316 e. The second kappa shape index (κ2) is 3.17. The number of hydrogen-bond donors (Lipinski definition) is 2. The van der Waals surface area contributed by atoms with Gasteiger partial charge in [0.25, 0.3) is 5.92 Å². The van der Waals surface area contributed by atoms with Gasteiger partial charge in [0.05, 0.1) is 0 Å². The summed E-state index contributed by atoms with van der Waals surface area (Å²) in [4.78, 5) is 10.8. The van der Waals surface area contributed by atoms with Gasteiger partial charge in [0.2, 0.25) is 0 Å². The topological polar surface area (TPSA) is 57.5 Å². The van der Waals surface area contributed by atoms with Gasteiger partial charge in [-0.2, -0.15) is 0 Å². The quantitative estimate of drug-likeness (QED) is 0.834. The fraction of sp³-hybridized carbons (Fsp3) is 0.364. The molecule has 0 aromatic heterocycles.